The van der Waals surface area contributed by atoms with Gasteiger partial charge in [-0.1, -0.05) is 35.9 Å². The molecule has 0 saturated heterocycles. The molecule has 0 bridgehead atoms. The highest BCUT2D eigenvalue weighted by atomic mass is 35.5. The molecule has 3 aromatic rings. The van der Waals surface area contributed by atoms with Crippen LogP contribution in [0.5, 0.6) is 0 Å². The average Bonchev–Trinajstić information content (AvgIpc) is 2.72. The summed E-state index contributed by atoms with van der Waals surface area (Å²) in [7, 11) is 1.23. The van der Waals surface area contributed by atoms with Gasteiger partial charge in [-0.15, -0.1) is 0 Å². The molecule has 0 unspecified atom stereocenters. The summed E-state index contributed by atoms with van der Waals surface area (Å²) in [5.41, 5.74) is 3.10. The highest BCUT2D eigenvalue weighted by Gasteiger charge is 2.13. The van der Waals surface area contributed by atoms with E-state index in [9.17, 15) is 14.4 Å². The Kier molecular flexibility index (Phi) is 6.25. The number of anilines is 1. The van der Waals surface area contributed by atoms with E-state index < -0.39 is 24.2 Å². The summed E-state index contributed by atoms with van der Waals surface area (Å²) in [6.45, 7) is 0. The Morgan fingerprint density at radius 2 is 1.79 bits per heavy atom. The van der Waals surface area contributed by atoms with E-state index in [1.165, 1.54) is 13.2 Å². The van der Waals surface area contributed by atoms with Crippen LogP contribution in [0, 0.1) is 0 Å². The molecule has 0 aliphatic carbocycles. The predicted octanol–water partition coefficient (Wildman–Crippen LogP) is 2.83. The SMILES string of the molecule is COC(=O)c1c/c(=N/NC(=O)CC(=O)Nc2ccccc2Cl)c2ccccc2o1. The smallest absolute Gasteiger partial charge is 0.374 e. The molecule has 1 heterocycles. The number of benzene rings is 2. The van der Waals surface area contributed by atoms with E-state index in [0.717, 1.165) is 0 Å². The van der Waals surface area contributed by atoms with Gasteiger partial charge in [-0.25, -0.2) is 10.2 Å². The molecule has 3 rings (SSSR count). The van der Waals surface area contributed by atoms with Crippen molar-refractivity contribution in [2.24, 2.45) is 5.10 Å². The Morgan fingerprint density at radius 3 is 2.55 bits per heavy atom. The van der Waals surface area contributed by atoms with Gasteiger partial charge in [0.05, 0.1) is 23.2 Å². The zero-order chi connectivity index (χ0) is 20.8. The topological polar surface area (TPSA) is 110 Å². The second-order valence-electron chi connectivity index (χ2n) is 5.84. The van der Waals surface area contributed by atoms with Crippen LogP contribution in [0.25, 0.3) is 11.0 Å². The van der Waals surface area contributed by atoms with Crippen molar-refractivity contribution < 1.29 is 23.5 Å². The van der Waals surface area contributed by atoms with Crippen molar-refractivity contribution in [3.05, 3.63) is 70.7 Å². The Labute approximate surface area is 170 Å². The lowest BCUT2D eigenvalue weighted by Gasteiger charge is -2.06. The van der Waals surface area contributed by atoms with E-state index in [2.05, 4.69) is 20.6 Å². The third-order valence-corrected chi connectivity index (χ3v) is 4.14. The number of halogens is 1. The largest absolute Gasteiger partial charge is 0.463 e. The number of nitrogens with one attached hydrogen (secondary N) is 2. The van der Waals surface area contributed by atoms with Crippen LogP contribution >= 0.6 is 11.6 Å². The fourth-order valence-electron chi connectivity index (χ4n) is 2.48. The Bertz CT molecular complexity index is 1160. The van der Waals surface area contributed by atoms with Gasteiger partial charge < -0.3 is 14.5 Å². The van der Waals surface area contributed by atoms with Crippen LogP contribution in [-0.2, 0) is 14.3 Å². The van der Waals surface area contributed by atoms with Crippen LogP contribution in [0.2, 0.25) is 5.02 Å². The number of para-hydroxylation sites is 2. The van der Waals surface area contributed by atoms with Crippen LogP contribution in [0.3, 0.4) is 0 Å². The van der Waals surface area contributed by atoms with E-state index in [4.69, 9.17) is 16.0 Å². The van der Waals surface area contributed by atoms with Crippen LogP contribution in [0.1, 0.15) is 17.0 Å². The van der Waals surface area contributed by atoms with Gasteiger partial charge in [0.15, 0.2) is 0 Å². The number of hydrogen-bond acceptors (Lipinski definition) is 6. The van der Waals surface area contributed by atoms with Crippen LogP contribution in [0.4, 0.5) is 5.69 Å². The molecule has 0 radical (unpaired) electrons. The Morgan fingerprint density at radius 1 is 1.07 bits per heavy atom. The van der Waals surface area contributed by atoms with Crippen molar-refractivity contribution in [3.8, 4) is 0 Å². The maximum atomic E-state index is 12.1. The number of carbonyl (C=O) groups is 3. The summed E-state index contributed by atoms with van der Waals surface area (Å²) in [6.07, 6.45) is -0.465. The molecule has 0 spiro atoms. The molecule has 148 valence electrons. The average molecular weight is 414 g/mol. The molecular weight excluding hydrogens is 398 g/mol. The number of hydrogen-bond donors (Lipinski definition) is 2. The molecule has 0 saturated carbocycles. The highest BCUT2D eigenvalue weighted by molar-refractivity contribution is 6.33. The van der Waals surface area contributed by atoms with E-state index in [1.807, 2.05) is 0 Å². The molecule has 2 amide bonds. The Hall–Kier alpha value is -3.65. The van der Waals surface area contributed by atoms with Crippen molar-refractivity contribution in [2.75, 3.05) is 12.4 Å². The zero-order valence-electron chi connectivity index (χ0n) is 15.3. The summed E-state index contributed by atoms with van der Waals surface area (Å²) in [4.78, 5) is 35.9. The van der Waals surface area contributed by atoms with Crippen molar-refractivity contribution in [1.82, 2.24) is 5.43 Å². The summed E-state index contributed by atoms with van der Waals surface area (Å²) < 4.78 is 10.1. The quantitative estimate of drug-likeness (QED) is 0.379. The number of amides is 2. The first-order valence-corrected chi connectivity index (χ1v) is 8.84. The first-order valence-electron chi connectivity index (χ1n) is 8.46. The molecule has 0 aliphatic heterocycles. The lowest BCUT2D eigenvalue weighted by Crippen LogP contribution is -2.26. The fraction of sp³-hybridized carbons (Fsp3) is 0.100. The molecule has 8 nitrogen and oxygen atoms in total. The molecule has 2 N–H and O–H groups in total. The molecule has 0 atom stereocenters. The van der Waals surface area contributed by atoms with Gasteiger partial charge >= 0.3 is 5.97 Å². The lowest BCUT2D eigenvalue weighted by molar-refractivity contribution is -0.126. The third-order valence-electron chi connectivity index (χ3n) is 3.81. The number of rotatable bonds is 5. The number of esters is 1. The molecular formula is C20H16ClN3O5. The number of ether oxygens (including phenoxy) is 1. The van der Waals surface area contributed by atoms with Gasteiger partial charge in [-0.2, -0.15) is 5.10 Å². The Balaban J connectivity index is 1.77. The minimum absolute atomic E-state index is 0.0735. The molecule has 0 fully saturated rings. The number of fused-ring (bicyclic) bond motifs is 1. The van der Waals surface area contributed by atoms with E-state index in [1.54, 1.807) is 48.5 Å². The van der Waals surface area contributed by atoms with Crippen molar-refractivity contribution in [3.63, 3.8) is 0 Å². The summed E-state index contributed by atoms with van der Waals surface area (Å²) >= 11 is 5.97. The monoisotopic (exact) mass is 413 g/mol. The van der Waals surface area contributed by atoms with Crippen LogP contribution < -0.4 is 16.1 Å². The van der Waals surface area contributed by atoms with Gasteiger partial charge in [0.1, 0.15) is 12.0 Å². The number of methoxy groups -OCH3 is 1. The minimum Gasteiger partial charge on any atom is -0.463 e. The van der Waals surface area contributed by atoms with Crippen LogP contribution in [-0.4, -0.2) is 24.9 Å². The van der Waals surface area contributed by atoms with Gasteiger partial charge in [0.2, 0.25) is 17.6 Å². The summed E-state index contributed by atoms with van der Waals surface area (Å²) in [5.74, 6) is -1.94. The first-order chi connectivity index (χ1) is 14.0. The molecule has 2 aromatic carbocycles. The van der Waals surface area contributed by atoms with E-state index in [-0.39, 0.29) is 11.1 Å². The molecule has 29 heavy (non-hydrogen) atoms. The predicted molar refractivity (Wildman–Crippen MR) is 106 cm³/mol. The van der Waals surface area contributed by atoms with Crippen molar-refractivity contribution in [2.45, 2.75) is 6.42 Å². The molecule has 0 aliphatic rings. The maximum absolute atomic E-state index is 12.1. The van der Waals surface area contributed by atoms with Gasteiger partial charge in [0.25, 0.3) is 0 Å². The second kappa shape index (κ2) is 9.03. The second-order valence-corrected chi connectivity index (χ2v) is 6.24. The van der Waals surface area contributed by atoms with Crippen molar-refractivity contribution >= 4 is 46.0 Å². The maximum Gasteiger partial charge on any atom is 0.374 e. The molecule has 9 heteroatoms. The van der Waals surface area contributed by atoms with Gasteiger partial charge in [-0.05, 0) is 24.3 Å². The third kappa shape index (κ3) is 4.99. The highest BCUT2D eigenvalue weighted by Crippen LogP contribution is 2.20. The first kappa shape index (κ1) is 20.1. The standard InChI is InChI=1S/C20H16ClN3O5/c1-28-20(27)17-10-15(12-6-2-5-9-16(12)29-17)23-24-19(26)11-18(25)22-14-8-4-3-7-13(14)21/h2-10H,11H2,1H3,(H,22,25)(H,24,26)/b23-15-. The number of nitrogens with zero attached hydrogens (tertiary/aromatic N) is 1. The van der Waals surface area contributed by atoms with Crippen molar-refractivity contribution in [1.29, 1.82) is 0 Å². The van der Waals surface area contributed by atoms with Gasteiger partial charge in [0, 0.05) is 11.5 Å². The minimum atomic E-state index is -0.683. The fourth-order valence-corrected chi connectivity index (χ4v) is 2.66. The zero-order valence-corrected chi connectivity index (χ0v) is 16.0. The van der Waals surface area contributed by atoms with E-state index >= 15 is 0 Å². The molecule has 1 aromatic heterocycles. The van der Waals surface area contributed by atoms with E-state index in [0.29, 0.717) is 21.7 Å². The normalized spacial score (nSPS) is 11.2. The van der Waals surface area contributed by atoms with Crippen LogP contribution in [0.15, 0.2) is 64.1 Å². The number of carbonyl (C=O) groups excluding carboxylic acids is 3. The lowest BCUT2D eigenvalue weighted by atomic mass is 10.2. The van der Waals surface area contributed by atoms with Gasteiger partial charge in [-0.3, -0.25) is 9.59 Å². The summed E-state index contributed by atoms with van der Waals surface area (Å²) in [6, 6.07) is 14.9. The summed E-state index contributed by atoms with van der Waals surface area (Å²) in [5, 5.41) is 7.78.